The molecule has 1 saturated heterocycles. The maximum absolute atomic E-state index is 11.4. The lowest BCUT2D eigenvalue weighted by molar-refractivity contribution is -0.385. The lowest BCUT2D eigenvalue weighted by atomic mass is 10.1. The van der Waals surface area contributed by atoms with E-state index in [1.807, 2.05) is 24.3 Å². The summed E-state index contributed by atoms with van der Waals surface area (Å²) >= 11 is 0. The number of nitro groups is 1. The molecule has 0 aliphatic carbocycles. The topological polar surface area (TPSA) is 58.9 Å². The van der Waals surface area contributed by atoms with Crippen molar-refractivity contribution in [1.29, 1.82) is 0 Å². The Morgan fingerprint density at radius 3 is 2.59 bits per heavy atom. The fraction of sp³-hybridized carbons (Fsp3) is 0.429. The molecule has 6 heteroatoms. The third kappa shape index (κ3) is 4.46. The highest BCUT2D eigenvalue weighted by atomic mass is 16.6. The highest BCUT2D eigenvalue weighted by Gasteiger charge is 2.29. The van der Waals surface area contributed by atoms with Crippen LogP contribution in [0, 0.1) is 10.1 Å². The Balaban J connectivity index is 1.99. The minimum Gasteiger partial charge on any atom is -0.372 e. The molecule has 1 fully saturated rings. The second-order valence-electron chi connectivity index (χ2n) is 6.71. The molecule has 1 unspecified atom stereocenters. The van der Waals surface area contributed by atoms with E-state index in [0.29, 0.717) is 6.61 Å². The second kappa shape index (κ2) is 8.97. The number of non-ortho nitro benzene ring substituents is 1. The van der Waals surface area contributed by atoms with Crippen molar-refractivity contribution in [3.63, 3.8) is 0 Å². The number of hydrogen-bond donors (Lipinski definition) is 0. The van der Waals surface area contributed by atoms with Crippen LogP contribution in [-0.4, -0.2) is 36.1 Å². The van der Waals surface area contributed by atoms with Crippen molar-refractivity contribution in [2.24, 2.45) is 0 Å². The van der Waals surface area contributed by atoms with Crippen LogP contribution in [0.15, 0.2) is 48.5 Å². The second-order valence-corrected chi connectivity index (χ2v) is 6.71. The van der Waals surface area contributed by atoms with Crippen molar-refractivity contribution in [2.45, 2.75) is 33.0 Å². The number of hydrogen-bond acceptors (Lipinski definition) is 5. The molecule has 0 N–H and O–H groups in total. The third-order valence-electron chi connectivity index (χ3n) is 5.02. The van der Waals surface area contributed by atoms with Gasteiger partial charge in [0.15, 0.2) is 0 Å². The molecule has 1 heterocycles. The summed E-state index contributed by atoms with van der Waals surface area (Å²) in [7, 11) is 0. The molecular weight excluding hydrogens is 342 g/mol. The summed E-state index contributed by atoms with van der Waals surface area (Å²) in [4.78, 5) is 15.5. The molecule has 2 aromatic rings. The predicted molar refractivity (Wildman–Crippen MR) is 107 cm³/mol. The van der Waals surface area contributed by atoms with Gasteiger partial charge in [-0.25, -0.2) is 0 Å². The van der Waals surface area contributed by atoms with Crippen LogP contribution in [-0.2, 0) is 11.3 Å². The molecule has 27 heavy (non-hydrogen) atoms. The van der Waals surface area contributed by atoms with Crippen molar-refractivity contribution in [2.75, 3.05) is 31.1 Å². The van der Waals surface area contributed by atoms with E-state index in [4.69, 9.17) is 4.74 Å². The molecule has 6 nitrogen and oxygen atoms in total. The van der Waals surface area contributed by atoms with Crippen LogP contribution >= 0.6 is 0 Å². The van der Waals surface area contributed by atoms with E-state index < -0.39 is 0 Å². The third-order valence-corrected chi connectivity index (χ3v) is 5.02. The molecule has 0 saturated carbocycles. The average molecular weight is 369 g/mol. The van der Waals surface area contributed by atoms with Gasteiger partial charge in [0.2, 0.25) is 0 Å². The number of rotatable bonds is 7. The van der Waals surface area contributed by atoms with E-state index in [9.17, 15) is 10.1 Å². The molecule has 3 rings (SSSR count). The molecule has 0 amide bonds. The van der Waals surface area contributed by atoms with Crippen LogP contribution in [0.5, 0.6) is 0 Å². The van der Waals surface area contributed by atoms with Gasteiger partial charge in [0.25, 0.3) is 5.69 Å². The van der Waals surface area contributed by atoms with Gasteiger partial charge in [0.1, 0.15) is 6.23 Å². The maximum Gasteiger partial charge on any atom is 0.270 e. The summed E-state index contributed by atoms with van der Waals surface area (Å²) in [6, 6.07) is 15.4. The van der Waals surface area contributed by atoms with Gasteiger partial charge in [-0.15, -0.1) is 0 Å². The molecule has 1 aliphatic rings. The molecule has 0 bridgehead atoms. The molecule has 0 aromatic heterocycles. The summed E-state index contributed by atoms with van der Waals surface area (Å²) in [5, 5.41) is 11.4. The molecular formula is C21H27N3O3. The Morgan fingerprint density at radius 1 is 1.19 bits per heavy atom. The number of nitro benzene ring substituents is 1. The number of nitrogens with zero attached hydrogens (tertiary/aromatic N) is 3. The van der Waals surface area contributed by atoms with E-state index >= 15 is 0 Å². The molecule has 0 radical (unpaired) electrons. The highest BCUT2D eigenvalue weighted by molar-refractivity contribution is 5.59. The van der Waals surface area contributed by atoms with E-state index in [2.05, 4.69) is 35.8 Å². The molecule has 0 spiro atoms. The fourth-order valence-corrected chi connectivity index (χ4v) is 3.66. The Hall–Kier alpha value is -2.44. The van der Waals surface area contributed by atoms with Crippen molar-refractivity contribution >= 4 is 11.4 Å². The molecule has 144 valence electrons. The van der Waals surface area contributed by atoms with Crippen LogP contribution in [0.25, 0.3) is 0 Å². The number of benzene rings is 2. The van der Waals surface area contributed by atoms with Gasteiger partial charge < -0.3 is 9.64 Å². The van der Waals surface area contributed by atoms with E-state index in [-0.39, 0.29) is 16.8 Å². The lowest BCUT2D eigenvalue weighted by Gasteiger charge is -2.38. The van der Waals surface area contributed by atoms with Crippen molar-refractivity contribution in [3.05, 3.63) is 69.8 Å². The molecule has 1 atom stereocenters. The maximum atomic E-state index is 11.4. The zero-order chi connectivity index (χ0) is 19.2. The fourth-order valence-electron chi connectivity index (χ4n) is 3.66. The average Bonchev–Trinajstić information content (AvgIpc) is 2.70. The van der Waals surface area contributed by atoms with Crippen LogP contribution in [0.4, 0.5) is 11.4 Å². The van der Waals surface area contributed by atoms with Gasteiger partial charge in [0.05, 0.1) is 11.5 Å². The Labute approximate surface area is 160 Å². The summed E-state index contributed by atoms with van der Waals surface area (Å²) in [5.74, 6) is 0. The smallest absolute Gasteiger partial charge is 0.270 e. The first-order valence-corrected chi connectivity index (χ1v) is 9.57. The van der Waals surface area contributed by atoms with Crippen LogP contribution in [0.2, 0.25) is 0 Å². The largest absolute Gasteiger partial charge is 0.372 e. The Morgan fingerprint density at radius 2 is 1.93 bits per heavy atom. The molecule has 2 aromatic carbocycles. The van der Waals surface area contributed by atoms with Gasteiger partial charge in [0, 0.05) is 49.6 Å². The summed E-state index contributed by atoms with van der Waals surface area (Å²) in [6.45, 7) is 8.19. The standard InChI is InChI=1S/C21H27N3O3/c1-3-22(4-2)20-12-11-18(24(25)26)15-19(20)21-23(13-8-14-27-21)16-17-9-6-5-7-10-17/h5-7,9-12,15,21H,3-4,8,13-14,16H2,1-2H3. The normalized spacial score (nSPS) is 17.6. The van der Waals surface area contributed by atoms with Crippen molar-refractivity contribution in [1.82, 2.24) is 4.90 Å². The Kier molecular flexibility index (Phi) is 6.42. The van der Waals surface area contributed by atoms with Crippen LogP contribution in [0.1, 0.15) is 37.6 Å². The quantitative estimate of drug-likeness (QED) is 0.536. The van der Waals surface area contributed by atoms with Crippen molar-refractivity contribution in [3.8, 4) is 0 Å². The summed E-state index contributed by atoms with van der Waals surface area (Å²) in [6.07, 6.45) is 0.674. The summed E-state index contributed by atoms with van der Waals surface area (Å²) < 4.78 is 6.14. The van der Waals surface area contributed by atoms with Gasteiger partial charge in [-0.3, -0.25) is 15.0 Å². The van der Waals surface area contributed by atoms with Crippen LogP contribution in [0.3, 0.4) is 0 Å². The first kappa shape index (κ1) is 19.3. The number of ether oxygens (including phenoxy) is 1. The predicted octanol–water partition coefficient (Wildman–Crippen LogP) is 4.36. The highest BCUT2D eigenvalue weighted by Crippen LogP contribution is 2.36. The SMILES string of the molecule is CCN(CC)c1ccc([N+](=O)[O-])cc1C1OCCCN1Cc1ccccc1. The van der Waals surface area contributed by atoms with Gasteiger partial charge >= 0.3 is 0 Å². The van der Waals surface area contributed by atoms with Gasteiger partial charge in [-0.2, -0.15) is 0 Å². The van der Waals surface area contributed by atoms with Gasteiger partial charge in [-0.05, 0) is 31.9 Å². The summed E-state index contributed by atoms with van der Waals surface area (Å²) in [5.41, 5.74) is 3.21. The lowest BCUT2D eigenvalue weighted by Crippen LogP contribution is -2.37. The Bertz CT molecular complexity index is 763. The van der Waals surface area contributed by atoms with E-state index in [0.717, 1.165) is 43.9 Å². The zero-order valence-electron chi connectivity index (χ0n) is 16.0. The molecule has 1 aliphatic heterocycles. The number of anilines is 1. The first-order valence-electron chi connectivity index (χ1n) is 9.57. The zero-order valence-corrected chi connectivity index (χ0v) is 16.0. The minimum atomic E-state index is -0.333. The van der Waals surface area contributed by atoms with Gasteiger partial charge in [-0.1, -0.05) is 30.3 Å². The van der Waals surface area contributed by atoms with E-state index in [1.54, 1.807) is 12.1 Å². The van der Waals surface area contributed by atoms with Crippen molar-refractivity contribution < 1.29 is 9.66 Å². The van der Waals surface area contributed by atoms with Crippen LogP contribution < -0.4 is 4.90 Å². The first-order chi connectivity index (χ1) is 13.1. The van der Waals surface area contributed by atoms with E-state index in [1.165, 1.54) is 5.56 Å². The minimum absolute atomic E-state index is 0.106. The monoisotopic (exact) mass is 369 g/mol.